The van der Waals surface area contributed by atoms with E-state index < -0.39 is 5.41 Å². The molecule has 0 unspecified atom stereocenters. The van der Waals surface area contributed by atoms with Crippen LogP contribution < -0.4 is 21.3 Å². The molecular formula is C74H52BN. The molecule has 12 aromatic rings. The first-order valence-electron chi connectivity index (χ1n) is 26.8. The van der Waals surface area contributed by atoms with Crippen molar-refractivity contribution in [2.75, 3.05) is 4.90 Å². The van der Waals surface area contributed by atoms with Crippen molar-refractivity contribution < 1.29 is 0 Å². The topological polar surface area (TPSA) is 3.24 Å². The van der Waals surface area contributed by atoms with E-state index >= 15 is 0 Å². The molecule has 2 heterocycles. The van der Waals surface area contributed by atoms with Gasteiger partial charge in [-0.1, -0.05) is 285 Å². The van der Waals surface area contributed by atoms with E-state index in [9.17, 15) is 0 Å². The van der Waals surface area contributed by atoms with Crippen LogP contribution in [0.15, 0.2) is 279 Å². The lowest BCUT2D eigenvalue weighted by atomic mass is 9.37. The molecule has 2 heteroatoms. The highest BCUT2D eigenvalue weighted by molar-refractivity contribution is 7.01. The second-order valence-corrected chi connectivity index (χ2v) is 21.4. The van der Waals surface area contributed by atoms with Gasteiger partial charge < -0.3 is 4.90 Å². The molecular weight excluding hydrogens is 914 g/mol. The third kappa shape index (κ3) is 6.34. The van der Waals surface area contributed by atoms with E-state index in [0.29, 0.717) is 0 Å². The molecule has 0 aromatic heterocycles. The largest absolute Gasteiger partial charge is 0.310 e. The lowest BCUT2D eigenvalue weighted by molar-refractivity contribution is 0.660. The van der Waals surface area contributed by atoms with Gasteiger partial charge in [-0.25, -0.2) is 0 Å². The van der Waals surface area contributed by atoms with Gasteiger partial charge in [-0.15, -0.1) is 0 Å². The summed E-state index contributed by atoms with van der Waals surface area (Å²) in [6, 6.07) is 105. The second-order valence-electron chi connectivity index (χ2n) is 21.4. The minimum atomic E-state index is -0.527. The Hall–Kier alpha value is -9.24. The number of nitrogens with zero attached hydrogens (tertiary/aromatic N) is 1. The van der Waals surface area contributed by atoms with E-state index in [0.717, 1.165) is 5.69 Å². The molecule has 12 aromatic carbocycles. The van der Waals surface area contributed by atoms with E-state index in [1.165, 1.54) is 128 Å². The third-order valence-corrected chi connectivity index (χ3v) is 17.2. The van der Waals surface area contributed by atoms with Crippen molar-refractivity contribution in [3.05, 3.63) is 312 Å². The van der Waals surface area contributed by atoms with Crippen LogP contribution in [-0.2, 0) is 10.8 Å². The molecule has 356 valence electrons. The molecule has 0 saturated heterocycles. The summed E-state index contributed by atoms with van der Waals surface area (Å²) in [6.45, 7) is 4.79. The molecule has 0 fully saturated rings. The first-order chi connectivity index (χ1) is 37.5. The molecule has 0 bridgehead atoms. The first kappa shape index (κ1) is 44.3. The van der Waals surface area contributed by atoms with Crippen molar-refractivity contribution in [2.24, 2.45) is 0 Å². The second kappa shape index (κ2) is 17.2. The van der Waals surface area contributed by atoms with Crippen molar-refractivity contribution in [1.29, 1.82) is 0 Å². The van der Waals surface area contributed by atoms with Crippen molar-refractivity contribution in [2.45, 2.75) is 24.7 Å². The lowest BCUT2D eigenvalue weighted by Crippen LogP contribution is -2.50. The molecule has 15 rings (SSSR count). The molecule has 1 nitrogen and oxygen atoms in total. The summed E-state index contributed by atoms with van der Waals surface area (Å²) < 4.78 is 0. The van der Waals surface area contributed by atoms with Crippen LogP contribution in [0.4, 0.5) is 17.1 Å². The number of hydrogen-bond donors (Lipinski definition) is 0. The van der Waals surface area contributed by atoms with Crippen LogP contribution >= 0.6 is 0 Å². The van der Waals surface area contributed by atoms with Crippen molar-refractivity contribution in [3.63, 3.8) is 0 Å². The van der Waals surface area contributed by atoms with Gasteiger partial charge in [0.15, 0.2) is 0 Å². The van der Waals surface area contributed by atoms with Crippen LogP contribution in [0.25, 0.3) is 66.4 Å². The van der Waals surface area contributed by atoms with Crippen LogP contribution in [0.5, 0.6) is 0 Å². The summed E-state index contributed by atoms with van der Waals surface area (Å²) in [4.78, 5) is 2.52. The minimum Gasteiger partial charge on any atom is -0.310 e. The van der Waals surface area contributed by atoms with E-state index in [1.54, 1.807) is 0 Å². The van der Waals surface area contributed by atoms with Crippen LogP contribution in [-0.4, -0.2) is 6.71 Å². The smallest absolute Gasteiger partial charge is 0.244 e. The zero-order valence-electron chi connectivity index (χ0n) is 42.6. The number of benzene rings is 12. The lowest BCUT2D eigenvalue weighted by Gasteiger charge is -2.46. The summed E-state index contributed by atoms with van der Waals surface area (Å²) in [5, 5.41) is 2.55. The van der Waals surface area contributed by atoms with Crippen molar-refractivity contribution in [3.8, 4) is 55.6 Å². The fraction of sp³-hybridized carbons (Fsp3) is 0.0541. The average molecular weight is 966 g/mol. The summed E-state index contributed by atoms with van der Waals surface area (Å²) >= 11 is 0. The Bertz CT molecular complexity index is 4150. The van der Waals surface area contributed by atoms with Gasteiger partial charge in [0.1, 0.15) is 0 Å². The van der Waals surface area contributed by atoms with Gasteiger partial charge in [0, 0.05) is 11.1 Å². The Labute approximate surface area is 446 Å². The Kier molecular flexibility index (Phi) is 10.00. The Morgan fingerprint density at radius 2 is 0.816 bits per heavy atom. The van der Waals surface area contributed by atoms with E-state index in [4.69, 9.17) is 0 Å². The maximum Gasteiger partial charge on any atom is 0.244 e. The fourth-order valence-electron chi connectivity index (χ4n) is 14.1. The summed E-state index contributed by atoms with van der Waals surface area (Å²) in [6.07, 6.45) is 0. The normalized spacial score (nSPS) is 14.1. The van der Waals surface area contributed by atoms with Gasteiger partial charge in [0.25, 0.3) is 0 Å². The summed E-state index contributed by atoms with van der Waals surface area (Å²) in [5.74, 6) is 0. The zero-order valence-corrected chi connectivity index (χ0v) is 42.6. The zero-order chi connectivity index (χ0) is 50.5. The highest BCUT2D eigenvalue weighted by Crippen LogP contribution is 2.59. The molecule has 0 amide bonds. The maximum atomic E-state index is 2.57. The van der Waals surface area contributed by atoms with Gasteiger partial charge in [-0.2, -0.15) is 0 Å². The molecule has 3 aliphatic rings. The van der Waals surface area contributed by atoms with E-state index in [-0.39, 0.29) is 12.1 Å². The molecule has 0 radical (unpaired) electrons. The van der Waals surface area contributed by atoms with Crippen molar-refractivity contribution in [1.82, 2.24) is 0 Å². The molecule has 0 atom stereocenters. The SMILES string of the molecule is CC1(C)c2ccc(B3c4c(-c5ccccc5)cccc4-c4c3c(-c3ccccc3)c3ccccc3c4-c3ccccc3)cc2-c2ccc(N3c4ccccc4C(c4ccccc4)(c4ccccc4)c4ccccc43)cc21. The average Bonchev–Trinajstić information content (AvgIpc) is 4.13. The minimum absolute atomic E-state index is 0.0590. The fourth-order valence-corrected chi connectivity index (χ4v) is 14.1. The van der Waals surface area contributed by atoms with Gasteiger partial charge in [0.05, 0.1) is 16.8 Å². The molecule has 2 aliphatic heterocycles. The third-order valence-electron chi connectivity index (χ3n) is 17.2. The quantitative estimate of drug-likeness (QED) is 0.144. The number of para-hydroxylation sites is 2. The van der Waals surface area contributed by atoms with Crippen LogP contribution in [0.1, 0.15) is 47.2 Å². The van der Waals surface area contributed by atoms with Crippen LogP contribution in [0.2, 0.25) is 0 Å². The van der Waals surface area contributed by atoms with Gasteiger partial charge in [-0.3, -0.25) is 0 Å². The molecule has 0 spiro atoms. The van der Waals surface area contributed by atoms with Gasteiger partial charge in [0.2, 0.25) is 6.71 Å². The van der Waals surface area contributed by atoms with E-state index in [2.05, 4.69) is 298 Å². The van der Waals surface area contributed by atoms with Crippen LogP contribution in [0.3, 0.4) is 0 Å². The molecule has 76 heavy (non-hydrogen) atoms. The van der Waals surface area contributed by atoms with Gasteiger partial charge in [-0.05, 0) is 124 Å². The maximum absolute atomic E-state index is 2.57. The Morgan fingerprint density at radius 1 is 0.316 bits per heavy atom. The summed E-state index contributed by atoms with van der Waals surface area (Å²) in [5.41, 5.74) is 27.4. The number of anilines is 3. The summed E-state index contributed by atoms with van der Waals surface area (Å²) in [7, 11) is 0. The Morgan fingerprint density at radius 3 is 1.42 bits per heavy atom. The highest BCUT2D eigenvalue weighted by atomic mass is 15.2. The highest BCUT2D eigenvalue weighted by Gasteiger charge is 2.47. The number of fused-ring (bicyclic) bond motifs is 9. The molecule has 1 aliphatic carbocycles. The molecule has 0 N–H and O–H groups in total. The van der Waals surface area contributed by atoms with Gasteiger partial charge >= 0.3 is 0 Å². The van der Waals surface area contributed by atoms with Crippen LogP contribution in [0, 0.1) is 0 Å². The van der Waals surface area contributed by atoms with E-state index in [1.807, 2.05) is 0 Å². The monoisotopic (exact) mass is 965 g/mol. The predicted molar refractivity (Wildman–Crippen MR) is 321 cm³/mol. The molecule has 0 saturated carbocycles. The first-order valence-corrected chi connectivity index (χ1v) is 26.8. The number of hydrogen-bond acceptors (Lipinski definition) is 1. The Balaban J connectivity index is 0.952. The number of rotatable bonds is 7. The van der Waals surface area contributed by atoms with Crippen molar-refractivity contribution >= 4 is 50.9 Å². The standard InChI is InChI=1S/C74H52BN/c1-73(2)62-46-43-54(47-61(62)57-45-44-55(48-65(57)73)76-66-41-22-20-39-63(66)74(52-31-14-6-15-32-52,53-33-16-7-17-34-53)64-40-21-23-42-67(64)76)75-71-56(49-25-8-3-9-26-49)37-24-38-60(71)70-68(50-27-10-4-11-28-50)58-35-18-19-36-59(58)69(72(70)75)51-29-12-5-13-30-51/h3-48H,1-2H3. The predicted octanol–water partition coefficient (Wildman–Crippen LogP) is 16.8.